The summed E-state index contributed by atoms with van der Waals surface area (Å²) in [5.41, 5.74) is 1.16. The molecule has 0 aliphatic carbocycles. The molecule has 4 heterocycles. The van der Waals surface area contributed by atoms with Gasteiger partial charge in [0, 0.05) is 6.61 Å². The average molecular weight is 325 g/mol. The molecule has 0 radical (unpaired) electrons. The molecule has 1 aliphatic heterocycles. The van der Waals surface area contributed by atoms with Gasteiger partial charge >= 0.3 is 6.18 Å². The van der Waals surface area contributed by atoms with Crippen molar-refractivity contribution >= 4 is 11.2 Å². The minimum absolute atomic E-state index is 0.120. The zero-order valence-corrected chi connectivity index (χ0v) is 11.6. The number of aromatic nitrogens is 7. The summed E-state index contributed by atoms with van der Waals surface area (Å²) in [6.45, 7) is 1.36. The van der Waals surface area contributed by atoms with Gasteiger partial charge in [-0.15, -0.1) is 10.2 Å². The Kier molecular flexibility index (Phi) is 3.04. The first-order valence-electron chi connectivity index (χ1n) is 6.81. The lowest BCUT2D eigenvalue weighted by Crippen LogP contribution is -2.31. The first kappa shape index (κ1) is 14.1. The molecule has 8 nitrogen and oxygen atoms in total. The van der Waals surface area contributed by atoms with Gasteiger partial charge in [0.2, 0.25) is 11.6 Å². The molecule has 1 saturated heterocycles. The Morgan fingerprint density at radius 1 is 1.35 bits per heavy atom. The zero-order chi connectivity index (χ0) is 16.0. The molecular weight excluding hydrogens is 315 g/mol. The van der Waals surface area contributed by atoms with Crippen molar-refractivity contribution in [3.05, 3.63) is 18.2 Å². The van der Waals surface area contributed by atoms with E-state index in [-0.39, 0.29) is 17.6 Å². The average Bonchev–Trinajstić information content (AvgIpc) is 3.09. The Morgan fingerprint density at radius 2 is 2.17 bits per heavy atom. The van der Waals surface area contributed by atoms with E-state index in [9.17, 15) is 13.2 Å². The number of hydrogen-bond acceptors (Lipinski definition) is 6. The second-order valence-electron chi connectivity index (χ2n) is 5.12. The van der Waals surface area contributed by atoms with E-state index in [1.165, 1.54) is 6.07 Å². The van der Waals surface area contributed by atoms with Gasteiger partial charge in [-0.05, 0) is 12.5 Å². The number of halogens is 3. The van der Waals surface area contributed by atoms with Crippen LogP contribution in [-0.2, 0) is 17.5 Å². The van der Waals surface area contributed by atoms with Crippen LogP contribution in [0.25, 0.3) is 22.7 Å². The van der Waals surface area contributed by atoms with Crippen LogP contribution in [0.3, 0.4) is 0 Å². The maximum absolute atomic E-state index is 12.5. The van der Waals surface area contributed by atoms with Crippen molar-refractivity contribution in [1.82, 2.24) is 34.9 Å². The number of H-pyrrole nitrogens is 1. The van der Waals surface area contributed by atoms with E-state index < -0.39 is 12.0 Å². The molecule has 0 bridgehead atoms. The Hall–Kier alpha value is -2.56. The van der Waals surface area contributed by atoms with Crippen LogP contribution in [0.4, 0.5) is 13.2 Å². The third kappa shape index (κ3) is 2.52. The van der Waals surface area contributed by atoms with Gasteiger partial charge < -0.3 is 9.30 Å². The minimum Gasteiger partial charge on any atom is -0.376 e. The van der Waals surface area contributed by atoms with Crippen LogP contribution in [0.5, 0.6) is 0 Å². The van der Waals surface area contributed by atoms with E-state index >= 15 is 0 Å². The van der Waals surface area contributed by atoms with E-state index in [0.717, 1.165) is 13.0 Å². The van der Waals surface area contributed by atoms with E-state index in [0.29, 0.717) is 17.7 Å². The van der Waals surface area contributed by atoms with Crippen molar-refractivity contribution < 1.29 is 17.9 Å². The summed E-state index contributed by atoms with van der Waals surface area (Å²) in [6.07, 6.45) is -1.88. The number of alkyl halides is 3. The molecule has 1 fully saturated rings. The van der Waals surface area contributed by atoms with Crippen molar-refractivity contribution in [2.75, 3.05) is 6.61 Å². The summed E-state index contributed by atoms with van der Waals surface area (Å²) < 4.78 is 44.8. The third-order valence-electron chi connectivity index (χ3n) is 3.54. The number of nitrogens with zero attached hydrogens (tertiary/aromatic N) is 6. The highest BCUT2D eigenvalue weighted by molar-refractivity contribution is 5.74. The predicted molar refractivity (Wildman–Crippen MR) is 70.1 cm³/mol. The lowest BCUT2D eigenvalue weighted by atomic mass is 10.2. The summed E-state index contributed by atoms with van der Waals surface area (Å²) in [6, 6.07) is 1.50. The molecule has 1 atom stereocenters. The summed E-state index contributed by atoms with van der Waals surface area (Å²) in [4.78, 5) is 7.58. The maximum Gasteiger partial charge on any atom is 0.451 e. The van der Waals surface area contributed by atoms with Gasteiger partial charge in [0.25, 0.3) is 0 Å². The molecule has 23 heavy (non-hydrogen) atoms. The SMILES string of the molecule is FC(F)(F)c1nc(-c2cc3ncn(C[C@@H]4CCO4)c3nn2)n[nH]1. The van der Waals surface area contributed by atoms with Crippen molar-refractivity contribution in [1.29, 1.82) is 0 Å². The van der Waals surface area contributed by atoms with Crippen LogP contribution in [0.2, 0.25) is 0 Å². The van der Waals surface area contributed by atoms with Gasteiger partial charge in [0.15, 0.2) is 5.65 Å². The smallest absolute Gasteiger partial charge is 0.376 e. The largest absolute Gasteiger partial charge is 0.451 e. The maximum atomic E-state index is 12.5. The van der Waals surface area contributed by atoms with Crippen LogP contribution in [-0.4, -0.2) is 47.6 Å². The van der Waals surface area contributed by atoms with E-state index in [4.69, 9.17) is 4.74 Å². The Morgan fingerprint density at radius 3 is 2.83 bits per heavy atom. The molecule has 1 aliphatic rings. The molecule has 3 aromatic rings. The van der Waals surface area contributed by atoms with Gasteiger partial charge in [-0.3, -0.25) is 5.10 Å². The predicted octanol–water partition coefficient (Wildman–Crippen LogP) is 1.42. The highest BCUT2D eigenvalue weighted by atomic mass is 19.4. The van der Waals surface area contributed by atoms with Gasteiger partial charge in [0.1, 0.15) is 11.2 Å². The van der Waals surface area contributed by atoms with Gasteiger partial charge in [0.05, 0.1) is 19.0 Å². The van der Waals surface area contributed by atoms with Crippen LogP contribution < -0.4 is 0 Å². The Bertz CT molecular complexity index is 852. The lowest BCUT2D eigenvalue weighted by molar-refractivity contribution is -0.144. The number of rotatable bonds is 3. The third-order valence-corrected chi connectivity index (χ3v) is 3.54. The number of aromatic amines is 1. The Labute approximate surface area is 126 Å². The summed E-state index contributed by atoms with van der Waals surface area (Å²) in [5, 5.41) is 13.3. The topological polar surface area (TPSA) is 94.4 Å². The van der Waals surface area contributed by atoms with E-state index in [2.05, 4.69) is 25.3 Å². The molecule has 11 heteroatoms. The van der Waals surface area contributed by atoms with Crippen molar-refractivity contribution in [2.24, 2.45) is 0 Å². The minimum atomic E-state index is -4.59. The van der Waals surface area contributed by atoms with Gasteiger partial charge in [-0.2, -0.15) is 18.3 Å². The normalized spacial score (nSPS) is 18.3. The number of nitrogens with one attached hydrogen (secondary N) is 1. The zero-order valence-electron chi connectivity index (χ0n) is 11.6. The molecule has 0 unspecified atom stereocenters. The quantitative estimate of drug-likeness (QED) is 0.782. The summed E-state index contributed by atoms with van der Waals surface area (Å²) in [5.74, 6) is -1.36. The van der Waals surface area contributed by atoms with Gasteiger partial charge in [-0.25, -0.2) is 9.97 Å². The standard InChI is InChI=1S/C12H10F3N7O/c13-12(14,15)11-17-9(19-21-11)7-3-8-10(20-18-7)22(5-16-8)4-6-1-2-23-6/h3,5-6H,1-2,4H2,(H,17,19,21)/t6-/m0/s1. The summed E-state index contributed by atoms with van der Waals surface area (Å²) >= 11 is 0. The highest BCUT2D eigenvalue weighted by Gasteiger charge is 2.35. The van der Waals surface area contributed by atoms with E-state index in [1.54, 1.807) is 10.9 Å². The fourth-order valence-electron chi connectivity index (χ4n) is 2.26. The van der Waals surface area contributed by atoms with Crippen molar-refractivity contribution in [2.45, 2.75) is 25.2 Å². The van der Waals surface area contributed by atoms with Crippen molar-refractivity contribution in [3.8, 4) is 11.5 Å². The molecule has 0 aromatic carbocycles. The molecule has 120 valence electrons. The molecular formula is C12H10F3N7O. The number of ether oxygens (including phenoxy) is 1. The Balaban J connectivity index is 1.65. The molecule has 0 amide bonds. The molecule has 1 N–H and O–H groups in total. The highest BCUT2D eigenvalue weighted by Crippen LogP contribution is 2.27. The van der Waals surface area contributed by atoms with Crippen LogP contribution in [0.1, 0.15) is 12.2 Å². The molecule has 4 rings (SSSR count). The number of imidazole rings is 1. The molecule has 0 spiro atoms. The molecule has 0 saturated carbocycles. The number of fused-ring (bicyclic) bond motifs is 1. The first-order chi connectivity index (χ1) is 11.0. The lowest BCUT2D eigenvalue weighted by Gasteiger charge is -2.26. The molecule has 3 aromatic heterocycles. The second-order valence-corrected chi connectivity index (χ2v) is 5.12. The monoisotopic (exact) mass is 325 g/mol. The van der Waals surface area contributed by atoms with Gasteiger partial charge in [-0.1, -0.05) is 0 Å². The van der Waals surface area contributed by atoms with Crippen molar-refractivity contribution in [3.63, 3.8) is 0 Å². The fraction of sp³-hybridized carbons (Fsp3) is 0.417. The second kappa shape index (κ2) is 4.98. The van der Waals surface area contributed by atoms with Crippen LogP contribution in [0.15, 0.2) is 12.4 Å². The van der Waals surface area contributed by atoms with Crippen LogP contribution >= 0.6 is 0 Å². The fourth-order valence-corrected chi connectivity index (χ4v) is 2.26. The number of hydrogen-bond donors (Lipinski definition) is 1. The summed E-state index contributed by atoms with van der Waals surface area (Å²) in [7, 11) is 0. The first-order valence-corrected chi connectivity index (χ1v) is 6.81. The van der Waals surface area contributed by atoms with E-state index in [1.807, 2.05) is 5.10 Å². The van der Waals surface area contributed by atoms with Crippen LogP contribution in [0, 0.1) is 0 Å².